The zero-order valence-corrected chi connectivity index (χ0v) is 16.0. The fourth-order valence-electron chi connectivity index (χ4n) is 2.94. The second-order valence-electron chi connectivity index (χ2n) is 7.07. The van der Waals surface area contributed by atoms with E-state index in [4.69, 9.17) is 0 Å². The SMILES string of the molecule is CCC(C)C(=O)Nc1cccc(CNC(=NC)N2CCC(C)CC2)c1. The summed E-state index contributed by atoms with van der Waals surface area (Å²) in [7, 11) is 1.84. The summed E-state index contributed by atoms with van der Waals surface area (Å²) in [6, 6.07) is 8.01. The Morgan fingerprint density at radius 3 is 2.72 bits per heavy atom. The molecular formula is C20H32N4O. The monoisotopic (exact) mass is 344 g/mol. The van der Waals surface area contributed by atoms with Crippen LogP contribution in [0.4, 0.5) is 5.69 Å². The zero-order chi connectivity index (χ0) is 18.2. The molecular weight excluding hydrogens is 312 g/mol. The van der Waals surface area contributed by atoms with E-state index in [1.165, 1.54) is 12.8 Å². The van der Waals surface area contributed by atoms with E-state index in [1.54, 1.807) is 0 Å². The van der Waals surface area contributed by atoms with Crippen molar-refractivity contribution in [3.8, 4) is 0 Å². The summed E-state index contributed by atoms with van der Waals surface area (Å²) in [6.07, 6.45) is 3.29. The van der Waals surface area contributed by atoms with Crippen molar-refractivity contribution < 1.29 is 4.79 Å². The van der Waals surface area contributed by atoms with E-state index in [2.05, 4.69) is 33.5 Å². The molecule has 0 bridgehead atoms. The van der Waals surface area contributed by atoms with Gasteiger partial charge < -0.3 is 15.5 Å². The number of likely N-dealkylation sites (tertiary alicyclic amines) is 1. The summed E-state index contributed by atoms with van der Waals surface area (Å²) in [4.78, 5) is 18.8. The van der Waals surface area contributed by atoms with E-state index in [1.807, 2.05) is 39.1 Å². The average molecular weight is 345 g/mol. The molecule has 25 heavy (non-hydrogen) atoms. The van der Waals surface area contributed by atoms with Gasteiger partial charge in [-0.1, -0.05) is 32.9 Å². The summed E-state index contributed by atoms with van der Waals surface area (Å²) in [6.45, 7) is 9.11. The van der Waals surface area contributed by atoms with Gasteiger partial charge in [-0.3, -0.25) is 9.79 Å². The quantitative estimate of drug-likeness (QED) is 0.635. The van der Waals surface area contributed by atoms with Crippen LogP contribution in [-0.4, -0.2) is 36.9 Å². The molecule has 1 aliphatic rings. The summed E-state index contributed by atoms with van der Waals surface area (Å²) in [5, 5.41) is 6.44. The van der Waals surface area contributed by atoms with E-state index >= 15 is 0 Å². The van der Waals surface area contributed by atoms with Gasteiger partial charge in [-0.05, 0) is 42.9 Å². The molecule has 1 aromatic rings. The molecule has 1 fully saturated rings. The third kappa shape index (κ3) is 5.76. The summed E-state index contributed by atoms with van der Waals surface area (Å²) in [5.74, 6) is 1.87. The standard InChI is InChI=1S/C20H32N4O/c1-5-16(3)19(25)23-18-8-6-7-17(13-18)14-22-20(21-4)24-11-9-15(2)10-12-24/h6-8,13,15-16H,5,9-12,14H2,1-4H3,(H,21,22)(H,23,25). The second kappa shape index (κ2) is 9.44. The van der Waals surface area contributed by atoms with Gasteiger partial charge in [0.15, 0.2) is 5.96 Å². The number of hydrogen-bond donors (Lipinski definition) is 2. The highest BCUT2D eigenvalue weighted by Crippen LogP contribution is 2.16. The number of nitrogens with zero attached hydrogens (tertiary/aromatic N) is 2. The fourth-order valence-corrected chi connectivity index (χ4v) is 2.94. The minimum atomic E-state index is 0.0297. The summed E-state index contributed by atoms with van der Waals surface area (Å²) < 4.78 is 0. The Morgan fingerprint density at radius 2 is 2.08 bits per heavy atom. The van der Waals surface area contributed by atoms with Gasteiger partial charge in [-0.2, -0.15) is 0 Å². The maximum Gasteiger partial charge on any atom is 0.227 e. The molecule has 1 atom stereocenters. The van der Waals surface area contributed by atoms with Gasteiger partial charge in [0.05, 0.1) is 0 Å². The lowest BCUT2D eigenvalue weighted by atomic mass is 9.99. The Bertz CT molecular complexity index is 591. The van der Waals surface area contributed by atoms with Gasteiger partial charge in [0, 0.05) is 38.3 Å². The highest BCUT2D eigenvalue weighted by atomic mass is 16.1. The van der Waals surface area contributed by atoms with Gasteiger partial charge in [-0.15, -0.1) is 0 Å². The highest BCUT2D eigenvalue weighted by Gasteiger charge is 2.18. The molecule has 1 aromatic carbocycles. The molecule has 138 valence electrons. The van der Waals surface area contributed by atoms with Crippen LogP contribution in [0.15, 0.2) is 29.3 Å². The van der Waals surface area contributed by atoms with Crippen molar-refractivity contribution in [2.75, 3.05) is 25.5 Å². The van der Waals surface area contributed by atoms with Crippen LogP contribution in [0.5, 0.6) is 0 Å². The van der Waals surface area contributed by atoms with Gasteiger partial charge >= 0.3 is 0 Å². The Hall–Kier alpha value is -2.04. The van der Waals surface area contributed by atoms with Crippen LogP contribution in [-0.2, 0) is 11.3 Å². The third-order valence-corrected chi connectivity index (χ3v) is 5.00. The maximum atomic E-state index is 12.0. The van der Waals surface area contributed by atoms with E-state index in [9.17, 15) is 4.79 Å². The lowest BCUT2D eigenvalue weighted by Gasteiger charge is -2.33. The molecule has 0 spiro atoms. The molecule has 1 saturated heterocycles. The van der Waals surface area contributed by atoms with Crippen LogP contribution >= 0.6 is 0 Å². The third-order valence-electron chi connectivity index (χ3n) is 5.00. The van der Waals surface area contributed by atoms with E-state index in [-0.39, 0.29) is 11.8 Å². The number of piperidine rings is 1. The van der Waals surface area contributed by atoms with Crippen molar-refractivity contribution in [3.63, 3.8) is 0 Å². The molecule has 0 radical (unpaired) electrons. The number of rotatable bonds is 5. The number of amides is 1. The van der Waals surface area contributed by atoms with Crippen molar-refractivity contribution in [2.45, 2.75) is 46.6 Å². The first-order valence-corrected chi connectivity index (χ1v) is 9.38. The lowest BCUT2D eigenvalue weighted by molar-refractivity contribution is -0.119. The highest BCUT2D eigenvalue weighted by molar-refractivity contribution is 5.92. The topological polar surface area (TPSA) is 56.7 Å². The number of anilines is 1. The predicted molar refractivity (Wildman–Crippen MR) is 105 cm³/mol. The largest absolute Gasteiger partial charge is 0.352 e. The molecule has 0 aliphatic carbocycles. The van der Waals surface area contributed by atoms with Gasteiger partial charge in [0.2, 0.25) is 5.91 Å². The first-order chi connectivity index (χ1) is 12.0. The molecule has 5 heteroatoms. The summed E-state index contributed by atoms with van der Waals surface area (Å²) in [5.41, 5.74) is 1.99. The number of guanidine groups is 1. The van der Waals surface area contributed by atoms with E-state index < -0.39 is 0 Å². The molecule has 1 aliphatic heterocycles. The van der Waals surface area contributed by atoms with Crippen molar-refractivity contribution in [1.82, 2.24) is 10.2 Å². The minimum absolute atomic E-state index is 0.0297. The van der Waals surface area contributed by atoms with Crippen LogP contribution < -0.4 is 10.6 Å². The second-order valence-corrected chi connectivity index (χ2v) is 7.07. The lowest BCUT2D eigenvalue weighted by Crippen LogP contribution is -2.45. The molecule has 2 rings (SSSR count). The first-order valence-electron chi connectivity index (χ1n) is 9.38. The van der Waals surface area contributed by atoms with Gasteiger partial charge in [-0.25, -0.2) is 0 Å². The molecule has 1 heterocycles. The maximum absolute atomic E-state index is 12.0. The van der Waals surface area contributed by atoms with Gasteiger partial charge in [0.1, 0.15) is 0 Å². The van der Waals surface area contributed by atoms with Crippen LogP contribution in [0.2, 0.25) is 0 Å². The van der Waals surface area contributed by atoms with E-state index in [0.717, 1.165) is 42.6 Å². The normalized spacial score (nSPS) is 17.3. The molecule has 0 aromatic heterocycles. The first kappa shape index (κ1) is 19.3. The van der Waals surface area contributed by atoms with Crippen molar-refractivity contribution in [1.29, 1.82) is 0 Å². The van der Waals surface area contributed by atoms with E-state index in [0.29, 0.717) is 6.54 Å². The average Bonchev–Trinajstić information content (AvgIpc) is 2.63. The minimum Gasteiger partial charge on any atom is -0.352 e. The smallest absolute Gasteiger partial charge is 0.227 e. The number of nitrogens with one attached hydrogen (secondary N) is 2. The van der Waals surface area contributed by atoms with Crippen LogP contribution in [0, 0.1) is 11.8 Å². The van der Waals surface area contributed by atoms with Crippen LogP contribution in [0.1, 0.15) is 45.6 Å². The fraction of sp³-hybridized carbons (Fsp3) is 0.600. The zero-order valence-electron chi connectivity index (χ0n) is 16.0. The number of carbonyl (C=O) groups excluding carboxylic acids is 1. The molecule has 0 saturated carbocycles. The van der Waals surface area contributed by atoms with Crippen LogP contribution in [0.3, 0.4) is 0 Å². The Balaban J connectivity index is 1.91. The number of benzene rings is 1. The van der Waals surface area contributed by atoms with Crippen molar-refractivity contribution in [2.24, 2.45) is 16.8 Å². The number of carbonyl (C=O) groups is 1. The molecule has 1 amide bonds. The Labute approximate surface area is 151 Å². The summed E-state index contributed by atoms with van der Waals surface area (Å²) >= 11 is 0. The predicted octanol–water partition coefficient (Wildman–Crippen LogP) is 3.48. The number of hydrogen-bond acceptors (Lipinski definition) is 2. The van der Waals surface area contributed by atoms with Crippen LogP contribution in [0.25, 0.3) is 0 Å². The van der Waals surface area contributed by atoms with Crippen molar-refractivity contribution in [3.05, 3.63) is 29.8 Å². The molecule has 5 nitrogen and oxygen atoms in total. The Morgan fingerprint density at radius 1 is 1.36 bits per heavy atom. The number of aliphatic imine (C=N–C) groups is 1. The molecule has 1 unspecified atom stereocenters. The Kier molecular flexibility index (Phi) is 7.29. The molecule has 2 N–H and O–H groups in total. The van der Waals surface area contributed by atoms with Gasteiger partial charge in [0.25, 0.3) is 0 Å². The van der Waals surface area contributed by atoms with Crippen molar-refractivity contribution >= 4 is 17.6 Å².